The number of benzene rings is 1. The SMILES string of the molecule is [2H]C([2H])([2H])C(=O)N1C(=O)N(C)[C@]2(C)N(C)C(=O)N(C(=O)c3cccc(Cl)c3)[C@]12C. The van der Waals surface area contributed by atoms with Crippen molar-refractivity contribution in [3.05, 3.63) is 34.9 Å². The van der Waals surface area contributed by atoms with E-state index >= 15 is 0 Å². The van der Waals surface area contributed by atoms with E-state index in [1.54, 1.807) is 6.07 Å². The lowest BCUT2D eigenvalue weighted by Crippen LogP contribution is -2.65. The Labute approximate surface area is 160 Å². The van der Waals surface area contributed by atoms with Gasteiger partial charge >= 0.3 is 12.1 Å². The molecule has 3 rings (SSSR count). The summed E-state index contributed by atoms with van der Waals surface area (Å²) in [7, 11) is 2.71. The molecule has 0 aliphatic carbocycles. The van der Waals surface area contributed by atoms with Crippen LogP contribution in [0.15, 0.2) is 24.3 Å². The summed E-state index contributed by atoms with van der Waals surface area (Å²) in [5, 5.41) is 0.249. The molecule has 2 aliphatic heterocycles. The molecule has 138 valence electrons. The number of halogens is 1. The molecule has 2 fully saturated rings. The third-order valence-corrected chi connectivity index (χ3v) is 5.74. The fourth-order valence-electron chi connectivity index (χ4n) is 3.75. The van der Waals surface area contributed by atoms with Gasteiger partial charge in [-0.2, -0.15) is 0 Å². The van der Waals surface area contributed by atoms with Crippen molar-refractivity contribution in [3.63, 3.8) is 0 Å². The molecule has 0 radical (unpaired) electrons. The lowest BCUT2D eigenvalue weighted by molar-refractivity contribution is -0.134. The summed E-state index contributed by atoms with van der Waals surface area (Å²) in [5.74, 6) is -2.30. The quantitative estimate of drug-likeness (QED) is 0.746. The first-order valence-corrected chi connectivity index (χ1v) is 8.09. The van der Waals surface area contributed by atoms with Gasteiger partial charge in [-0.1, -0.05) is 17.7 Å². The van der Waals surface area contributed by atoms with Crippen LogP contribution in [0.25, 0.3) is 0 Å². The summed E-state index contributed by atoms with van der Waals surface area (Å²) in [5.41, 5.74) is -3.38. The number of imide groups is 2. The van der Waals surface area contributed by atoms with Crippen LogP contribution in [0.1, 0.15) is 35.2 Å². The molecule has 0 bridgehead atoms. The summed E-state index contributed by atoms with van der Waals surface area (Å²) in [4.78, 5) is 55.4. The molecule has 0 saturated carbocycles. The van der Waals surface area contributed by atoms with Gasteiger partial charge in [-0.3, -0.25) is 9.59 Å². The largest absolute Gasteiger partial charge is 0.330 e. The van der Waals surface area contributed by atoms with Crippen molar-refractivity contribution < 1.29 is 23.3 Å². The van der Waals surface area contributed by atoms with Crippen LogP contribution < -0.4 is 0 Å². The Morgan fingerprint density at radius 2 is 1.62 bits per heavy atom. The average molecular weight is 382 g/mol. The first kappa shape index (κ1) is 14.5. The van der Waals surface area contributed by atoms with Crippen LogP contribution in [0.4, 0.5) is 9.59 Å². The Morgan fingerprint density at radius 1 is 1.04 bits per heavy atom. The van der Waals surface area contributed by atoms with Crippen LogP contribution in [0.2, 0.25) is 5.02 Å². The number of hydrogen-bond donors (Lipinski definition) is 0. The second kappa shape index (κ2) is 5.44. The van der Waals surface area contributed by atoms with Gasteiger partial charge in [0, 0.05) is 35.6 Å². The lowest BCUT2D eigenvalue weighted by Gasteiger charge is -2.42. The van der Waals surface area contributed by atoms with E-state index in [4.69, 9.17) is 15.7 Å². The monoisotopic (exact) mass is 381 g/mol. The highest BCUT2D eigenvalue weighted by atomic mass is 35.5. The number of carbonyl (C=O) groups is 4. The summed E-state index contributed by atoms with van der Waals surface area (Å²) < 4.78 is 22.4. The Kier molecular flexibility index (Phi) is 3.04. The van der Waals surface area contributed by atoms with Crippen molar-refractivity contribution in [2.24, 2.45) is 0 Å². The average Bonchev–Trinajstić information content (AvgIpc) is 2.88. The van der Waals surface area contributed by atoms with Gasteiger partial charge in [0.25, 0.3) is 5.91 Å². The second-order valence-electron chi connectivity index (χ2n) is 6.52. The van der Waals surface area contributed by atoms with Crippen molar-refractivity contribution in [2.75, 3.05) is 14.1 Å². The van der Waals surface area contributed by atoms with Crippen LogP contribution in [-0.2, 0) is 4.79 Å². The number of rotatable bonds is 1. The highest BCUT2D eigenvalue weighted by Crippen LogP contribution is 2.50. The van der Waals surface area contributed by atoms with E-state index in [9.17, 15) is 19.2 Å². The van der Waals surface area contributed by atoms with Gasteiger partial charge in [0.05, 0.1) is 0 Å². The molecular weight excluding hydrogens is 360 g/mol. The van der Waals surface area contributed by atoms with Crippen LogP contribution in [-0.4, -0.2) is 68.9 Å². The molecule has 0 aromatic heterocycles. The summed E-state index contributed by atoms with van der Waals surface area (Å²) >= 11 is 5.95. The maximum atomic E-state index is 13.3. The van der Waals surface area contributed by atoms with Crippen molar-refractivity contribution in [3.8, 4) is 0 Å². The summed E-state index contributed by atoms with van der Waals surface area (Å²) in [6.45, 7) is -0.345. The van der Waals surface area contributed by atoms with E-state index < -0.39 is 42.1 Å². The standard InChI is InChI=1S/C17H19ClN4O4/c1-10(23)21-14(25)19(4)16(2)17(21,3)22(15(26)20(16)5)13(24)11-7-6-8-12(18)9-11/h6-9H,1-5H3/t16-,17+/m1/s1/i1D3. The third kappa shape index (κ3) is 1.90. The number of urea groups is 2. The maximum Gasteiger partial charge on any atom is 0.330 e. The van der Waals surface area contributed by atoms with Gasteiger partial charge in [-0.25, -0.2) is 19.4 Å². The summed E-state index contributed by atoms with van der Waals surface area (Å²) in [6.07, 6.45) is 0. The van der Waals surface area contributed by atoms with Gasteiger partial charge in [0.15, 0.2) is 11.3 Å². The Bertz CT molecular complexity index is 955. The van der Waals surface area contributed by atoms with Crippen molar-refractivity contribution in [1.82, 2.24) is 19.6 Å². The number of hydrogen-bond acceptors (Lipinski definition) is 4. The molecule has 2 saturated heterocycles. The van der Waals surface area contributed by atoms with Gasteiger partial charge in [0.2, 0.25) is 5.91 Å². The molecule has 2 atom stereocenters. The number of fused-ring (bicyclic) bond motifs is 1. The van der Waals surface area contributed by atoms with Gasteiger partial charge in [-0.15, -0.1) is 0 Å². The van der Waals surface area contributed by atoms with Gasteiger partial charge in [-0.05, 0) is 32.0 Å². The normalized spacial score (nSPS) is 30.3. The number of likely N-dealkylation sites (N-methyl/N-ethyl adjacent to an activating group) is 2. The molecular formula is C17H19ClN4O4. The zero-order chi connectivity index (χ0) is 22.1. The first-order chi connectivity index (χ1) is 13.2. The molecule has 8 nitrogen and oxygen atoms in total. The number of nitrogens with zero attached hydrogens (tertiary/aromatic N) is 4. The van der Waals surface area contributed by atoms with E-state index in [0.717, 1.165) is 14.7 Å². The van der Waals surface area contributed by atoms with Crippen molar-refractivity contribution >= 4 is 35.5 Å². The van der Waals surface area contributed by atoms with E-state index in [0.29, 0.717) is 4.90 Å². The predicted molar refractivity (Wildman–Crippen MR) is 93.3 cm³/mol. The Morgan fingerprint density at radius 3 is 2.15 bits per heavy atom. The molecule has 2 heterocycles. The smallest absolute Gasteiger partial charge is 0.300 e. The van der Waals surface area contributed by atoms with Crippen LogP contribution in [0, 0.1) is 0 Å². The van der Waals surface area contributed by atoms with E-state index in [1.165, 1.54) is 46.1 Å². The molecule has 9 heteroatoms. The lowest BCUT2D eigenvalue weighted by atomic mass is 9.95. The molecule has 0 unspecified atom stereocenters. The second-order valence-corrected chi connectivity index (χ2v) is 6.95. The fourth-order valence-corrected chi connectivity index (χ4v) is 3.94. The molecule has 0 spiro atoms. The minimum absolute atomic E-state index is 0.0491. The zero-order valence-corrected chi connectivity index (χ0v) is 15.4. The fraction of sp³-hybridized carbons (Fsp3) is 0.412. The minimum Gasteiger partial charge on any atom is -0.300 e. The van der Waals surface area contributed by atoms with Gasteiger partial charge < -0.3 is 9.80 Å². The molecule has 1 aromatic carbocycles. The topological polar surface area (TPSA) is 81.2 Å². The number of amides is 6. The van der Waals surface area contributed by atoms with Gasteiger partial charge in [0.1, 0.15) is 0 Å². The highest BCUT2D eigenvalue weighted by Gasteiger charge is 2.75. The van der Waals surface area contributed by atoms with Crippen LogP contribution in [0.3, 0.4) is 0 Å². The van der Waals surface area contributed by atoms with E-state index in [1.807, 2.05) is 0 Å². The third-order valence-electron chi connectivity index (χ3n) is 5.51. The predicted octanol–water partition coefficient (Wildman–Crippen LogP) is 2.19. The summed E-state index contributed by atoms with van der Waals surface area (Å²) in [6, 6.07) is 4.10. The molecule has 26 heavy (non-hydrogen) atoms. The first-order valence-electron chi connectivity index (χ1n) is 9.21. The van der Waals surface area contributed by atoms with Crippen molar-refractivity contribution in [1.29, 1.82) is 0 Å². The molecule has 6 amide bonds. The molecule has 0 N–H and O–H groups in total. The Balaban J connectivity index is 2.25. The highest BCUT2D eigenvalue weighted by molar-refractivity contribution is 6.31. The van der Waals surface area contributed by atoms with Crippen LogP contribution in [0.5, 0.6) is 0 Å². The molecule has 1 aromatic rings. The minimum atomic E-state index is -3.15. The molecule has 2 aliphatic rings. The van der Waals surface area contributed by atoms with E-state index in [2.05, 4.69) is 0 Å². The zero-order valence-electron chi connectivity index (χ0n) is 17.6. The van der Waals surface area contributed by atoms with Crippen LogP contribution >= 0.6 is 11.6 Å². The Hall–Kier alpha value is -2.61. The maximum absolute atomic E-state index is 13.3. The van der Waals surface area contributed by atoms with Crippen molar-refractivity contribution in [2.45, 2.75) is 32.0 Å². The van der Waals surface area contributed by atoms with E-state index in [-0.39, 0.29) is 10.6 Å². The number of carbonyl (C=O) groups excluding carboxylic acids is 4.